The van der Waals surface area contributed by atoms with Gasteiger partial charge in [0.15, 0.2) is 5.78 Å². The van der Waals surface area contributed by atoms with Crippen LogP contribution in [-0.4, -0.2) is 37.1 Å². The van der Waals surface area contributed by atoms with Gasteiger partial charge in [0.1, 0.15) is 23.8 Å². The first-order valence-corrected chi connectivity index (χ1v) is 11.4. The second-order valence-corrected chi connectivity index (χ2v) is 7.92. The van der Waals surface area contributed by atoms with Crippen LogP contribution in [0.15, 0.2) is 77.7 Å². The van der Waals surface area contributed by atoms with Crippen LogP contribution >= 0.6 is 0 Å². The van der Waals surface area contributed by atoms with Crippen LogP contribution in [0.25, 0.3) is 10.9 Å². The standard InChI is InChI=1S/C28H26N2O6/c1-4-36-20-11-13-24-21(14-20)28(33)22(27(32)18-8-6-5-7-9-18)16-30(24)17-26(31)29-23-12-10-19(34-2)15-25(23)35-3/h5-16H,4,17H2,1-3H3,(H,29,31). The summed E-state index contributed by atoms with van der Waals surface area (Å²) in [4.78, 5) is 39.6. The quantitative estimate of drug-likeness (QED) is 0.355. The van der Waals surface area contributed by atoms with E-state index < -0.39 is 11.2 Å². The largest absolute Gasteiger partial charge is 0.497 e. The van der Waals surface area contributed by atoms with Gasteiger partial charge in [0, 0.05) is 17.8 Å². The average molecular weight is 487 g/mol. The summed E-state index contributed by atoms with van der Waals surface area (Å²) in [6.07, 6.45) is 1.44. The van der Waals surface area contributed by atoms with Crippen molar-refractivity contribution in [2.24, 2.45) is 0 Å². The van der Waals surface area contributed by atoms with Crippen molar-refractivity contribution in [2.75, 3.05) is 26.1 Å². The molecule has 1 amide bonds. The minimum Gasteiger partial charge on any atom is -0.497 e. The maximum Gasteiger partial charge on any atom is 0.244 e. The number of amides is 1. The Bertz CT molecular complexity index is 1480. The van der Waals surface area contributed by atoms with Crippen molar-refractivity contribution in [3.05, 3.63) is 94.3 Å². The molecule has 8 heteroatoms. The summed E-state index contributed by atoms with van der Waals surface area (Å²) in [5.74, 6) is 0.746. The maximum absolute atomic E-state index is 13.4. The molecule has 1 aromatic heterocycles. The predicted molar refractivity (Wildman–Crippen MR) is 137 cm³/mol. The Morgan fingerprint density at radius 2 is 1.67 bits per heavy atom. The summed E-state index contributed by atoms with van der Waals surface area (Å²) in [6, 6.07) is 18.6. The minimum atomic E-state index is -0.422. The van der Waals surface area contributed by atoms with Crippen molar-refractivity contribution < 1.29 is 23.8 Å². The van der Waals surface area contributed by atoms with Crippen LogP contribution in [0, 0.1) is 0 Å². The molecular formula is C28H26N2O6. The van der Waals surface area contributed by atoms with Gasteiger partial charge in [-0.15, -0.1) is 0 Å². The van der Waals surface area contributed by atoms with Gasteiger partial charge in [0.05, 0.1) is 43.0 Å². The summed E-state index contributed by atoms with van der Waals surface area (Å²) in [6.45, 7) is 2.12. The van der Waals surface area contributed by atoms with Crippen molar-refractivity contribution in [3.63, 3.8) is 0 Å². The molecule has 0 aliphatic heterocycles. The topological polar surface area (TPSA) is 95.9 Å². The van der Waals surface area contributed by atoms with Gasteiger partial charge in [0.2, 0.25) is 11.3 Å². The lowest BCUT2D eigenvalue weighted by molar-refractivity contribution is -0.116. The van der Waals surface area contributed by atoms with E-state index in [1.807, 2.05) is 6.92 Å². The number of pyridine rings is 1. The smallest absolute Gasteiger partial charge is 0.244 e. The van der Waals surface area contributed by atoms with Crippen molar-refractivity contribution in [3.8, 4) is 17.2 Å². The lowest BCUT2D eigenvalue weighted by Crippen LogP contribution is -2.24. The molecule has 0 bridgehead atoms. The number of rotatable bonds is 9. The summed E-state index contributed by atoms with van der Waals surface area (Å²) >= 11 is 0. The number of hydrogen-bond acceptors (Lipinski definition) is 6. The predicted octanol–water partition coefficient (Wildman–Crippen LogP) is 4.29. The molecule has 8 nitrogen and oxygen atoms in total. The van der Waals surface area contributed by atoms with Gasteiger partial charge in [-0.25, -0.2) is 0 Å². The van der Waals surface area contributed by atoms with Crippen molar-refractivity contribution >= 4 is 28.3 Å². The fourth-order valence-corrected chi connectivity index (χ4v) is 3.92. The Morgan fingerprint density at radius 1 is 0.917 bits per heavy atom. The number of anilines is 1. The fraction of sp³-hybridized carbons (Fsp3) is 0.179. The zero-order valence-corrected chi connectivity index (χ0v) is 20.2. The number of ether oxygens (including phenoxy) is 3. The van der Waals surface area contributed by atoms with E-state index in [4.69, 9.17) is 14.2 Å². The second-order valence-electron chi connectivity index (χ2n) is 7.92. The maximum atomic E-state index is 13.4. The highest BCUT2D eigenvalue weighted by Gasteiger charge is 2.19. The summed E-state index contributed by atoms with van der Waals surface area (Å²) in [7, 11) is 3.04. The molecule has 0 radical (unpaired) electrons. The summed E-state index contributed by atoms with van der Waals surface area (Å²) in [5, 5.41) is 3.11. The van der Waals surface area contributed by atoms with E-state index in [9.17, 15) is 14.4 Å². The van der Waals surface area contributed by atoms with Crippen LogP contribution in [0.5, 0.6) is 17.2 Å². The third-order valence-electron chi connectivity index (χ3n) is 5.64. The van der Waals surface area contributed by atoms with Crippen molar-refractivity contribution in [1.82, 2.24) is 4.57 Å². The molecule has 1 N–H and O–H groups in total. The van der Waals surface area contributed by atoms with Gasteiger partial charge in [-0.05, 0) is 37.3 Å². The molecule has 184 valence electrons. The van der Waals surface area contributed by atoms with Gasteiger partial charge < -0.3 is 24.1 Å². The van der Waals surface area contributed by atoms with Crippen LogP contribution in [-0.2, 0) is 11.3 Å². The second kappa shape index (κ2) is 10.8. The first-order valence-electron chi connectivity index (χ1n) is 11.4. The molecule has 0 spiro atoms. The fourth-order valence-electron chi connectivity index (χ4n) is 3.92. The molecule has 4 rings (SSSR count). The number of nitrogens with one attached hydrogen (secondary N) is 1. The highest BCUT2D eigenvalue weighted by molar-refractivity contribution is 6.10. The molecule has 36 heavy (non-hydrogen) atoms. The van der Waals surface area contributed by atoms with Crippen LogP contribution in [0.1, 0.15) is 22.8 Å². The number of ketones is 1. The third-order valence-corrected chi connectivity index (χ3v) is 5.64. The van der Waals surface area contributed by atoms with Crippen LogP contribution in [0.2, 0.25) is 0 Å². The molecule has 0 aliphatic carbocycles. The molecular weight excluding hydrogens is 460 g/mol. The molecule has 0 atom stereocenters. The number of hydrogen-bond donors (Lipinski definition) is 1. The van der Waals surface area contributed by atoms with E-state index in [-0.39, 0.29) is 23.4 Å². The first kappa shape index (κ1) is 24.5. The molecule has 0 unspecified atom stereocenters. The van der Waals surface area contributed by atoms with E-state index in [2.05, 4.69) is 5.32 Å². The highest BCUT2D eigenvalue weighted by atomic mass is 16.5. The molecule has 3 aromatic carbocycles. The minimum absolute atomic E-state index is 0.0304. The van der Waals surface area contributed by atoms with E-state index in [1.54, 1.807) is 78.4 Å². The molecule has 0 fully saturated rings. The van der Waals surface area contributed by atoms with Crippen molar-refractivity contribution in [2.45, 2.75) is 13.5 Å². The van der Waals surface area contributed by atoms with Gasteiger partial charge in [-0.1, -0.05) is 30.3 Å². The molecule has 4 aromatic rings. The van der Waals surface area contributed by atoms with Gasteiger partial charge >= 0.3 is 0 Å². The van der Waals surface area contributed by atoms with E-state index in [1.165, 1.54) is 13.3 Å². The highest BCUT2D eigenvalue weighted by Crippen LogP contribution is 2.29. The average Bonchev–Trinajstić information content (AvgIpc) is 2.90. The van der Waals surface area contributed by atoms with E-state index in [0.717, 1.165) is 0 Å². The lowest BCUT2D eigenvalue weighted by atomic mass is 10.0. The van der Waals surface area contributed by atoms with E-state index >= 15 is 0 Å². The Balaban J connectivity index is 1.75. The Morgan fingerprint density at radius 3 is 2.36 bits per heavy atom. The Hall–Kier alpha value is -4.59. The first-order chi connectivity index (χ1) is 17.4. The molecule has 0 saturated heterocycles. The lowest BCUT2D eigenvalue weighted by Gasteiger charge is -2.15. The van der Waals surface area contributed by atoms with Crippen LogP contribution in [0.3, 0.4) is 0 Å². The zero-order valence-electron chi connectivity index (χ0n) is 20.2. The third kappa shape index (κ3) is 5.07. The normalized spacial score (nSPS) is 10.6. The summed E-state index contributed by atoms with van der Waals surface area (Å²) < 4.78 is 17.7. The van der Waals surface area contributed by atoms with Gasteiger partial charge in [0.25, 0.3) is 0 Å². The monoisotopic (exact) mass is 486 g/mol. The number of fused-ring (bicyclic) bond motifs is 1. The van der Waals surface area contributed by atoms with Crippen molar-refractivity contribution in [1.29, 1.82) is 0 Å². The van der Waals surface area contributed by atoms with E-state index in [0.29, 0.717) is 40.6 Å². The van der Waals surface area contributed by atoms with Crippen LogP contribution in [0.4, 0.5) is 5.69 Å². The molecule has 1 heterocycles. The molecule has 0 saturated carbocycles. The zero-order chi connectivity index (χ0) is 25.7. The number of carbonyl (C=O) groups excluding carboxylic acids is 2. The molecule has 0 aliphatic rings. The summed E-state index contributed by atoms with van der Waals surface area (Å²) in [5.41, 5.74) is 0.901. The number of benzene rings is 3. The number of nitrogens with zero attached hydrogens (tertiary/aromatic N) is 1. The van der Waals surface area contributed by atoms with Gasteiger partial charge in [-0.2, -0.15) is 0 Å². The Kier molecular flexibility index (Phi) is 7.34. The number of aromatic nitrogens is 1. The SMILES string of the molecule is CCOc1ccc2c(c1)c(=O)c(C(=O)c1ccccc1)cn2CC(=O)Nc1ccc(OC)cc1OC. The van der Waals surface area contributed by atoms with Crippen LogP contribution < -0.4 is 25.0 Å². The Labute approximate surface area is 208 Å². The number of methoxy groups -OCH3 is 2. The van der Waals surface area contributed by atoms with Gasteiger partial charge in [-0.3, -0.25) is 14.4 Å². The number of carbonyl (C=O) groups is 2.